The molecule has 1 aliphatic heterocycles. The van der Waals surface area contributed by atoms with Gasteiger partial charge < -0.3 is 10.00 Å². The smallest absolute Gasteiger partial charge is 0.0558 e. The lowest BCUT2D eigenvalue weighted by molar-refractivity contribution is 0.119. The molecule has 0 radical (unpaired) electrons. The fourth-order valence-electron chi connectivity index (χ4n) is 2.22. The molecule has 3 heteroatoms. The number of hydrogen-bond acceptors (Lipinski definition) is 2. The van der Waals surface area contributed by atoms with Crippen LogP contribution in [-0.4, -0.2) is 26.4 Å². The lowest BCUT2D eigenvalue weighted by Crippen LogP contribution is -2.41. The minimum Gasteiger partial charge on any atom is -0.393 e. The van der Waals surface area contributed by atoms with Crippen LogP contribution in [0.5, 0.6) is 0 Å². The lowest BCUT2D eigenvalue weighted by Gasteiger charge is -2.47. The summed E-state index contributed by atoms with van der Waals surface area (Å²) in [7, 11) is -0.965. The van der Waals surface area contributed by atoms with Crippen molar-refractivity contribution in [2.75, 3.05) is 0 Å². The first-order valence-electron chi connectivity index (χ1n) is 4.43. The number of aliphatic hydroxyl groups excluding tert-OH is 1. The van der Waals surface area contributed by atoms with Crippen LogP contribution < -0.4 is 0 Å². The van der Waals surface area contributed by atoms with E-state index in [0.29, 0.717) is 0 Å². The zero-order valence-corrected chi connectivity index (χ0v) is 9.23. The Morgan fingerprint density at radius 2 is 1.42 bits per heavy atom. The molecule has 0 aromatic heterocycles. The summed E-state index contributed by atoms with van der Waals surface area (Å²) in [5.74, 6) is 0. The Hall–Kier alpha value is 0.350. The van der Waals surface area contributed by atoms with E-state index < -0.39 is 8.15 Å². The van der Waals surface area contributed by atoms with Crippen molar-refractivity contribution in [3.8, 4) is 0 Å². The summed E-state index contributed by atoms with van der Waals surface area (Å²) in [6.07, 6.45) is 1.23. The van der Waals surface area contributed by atoms with Gasteiger partial charge in [-0.1, -0.05) is 27.7 Å². The summed E-state index contributed by atoms with van der Waals surface area (Å²) in [6.45, 7) is 8.18. The van der Waals surface area contributed by atoms with E-state index in [1.807, 2.05) is 27.7 Å². The SMILES string of the molecule is CC1(C)CC(O)CC(C)(C)P1O. The molecule has 72 valence electrons. The van der Waals surface area contributed by atoms with E-state index >= 15 is 0 Å². The molecule has 0 aromatic carbocycles. The molecule has 12 heavy (non-hydrogen) atoms. The maximum Gasteiger partial charge on any atom is 0.0558 e. The molecule has 1 aliphatic rings. The second-order valence-electron chi connectivity index (χ2n) is 5.00. The van der Waals surface area contributed by atoms with Gasteiger partial charge in [0, 0.05) is 18.5 Å². The third kappa shape index (κ3) is 1.81. The summed E-state index contributed by atoms with van der Waals surface area (Å²) in [5, 5.41) is 9.42. The molecule has 0 amide bonds. The summed E-state index contributed by atoms with van der Waals surface area (Å²) < 4.78 is 0. The Bertz CT molecular complexity index is 159. The van der Waals surface area contributed by atoms with E-state index in [4.69, 9.17) is 0 Å². The van der Waals surface area contributed by atoms with Crippen LogP contribution in [0.15, 0.2) is 0 Å². The van der Waals surface area contributed by atoms with Crippen molar-refractivity contribution in [1.29, 1.82) is 0 Å². The monoisotopic (exact) mass is 190 g/mol. The molecule has 0 spiro atoms. The Labute approximate surface area is 75.8 Å². The van der Waals surface area contributed by atoms with Crippen LogP contribution in [0.25, 0.3) is 0 Å². The van der Waals surface area contributed by atoms with Crippen LogP contribution in [0.4, 0.5) is 0 Å². The van der Waals surface area contributed by atoms with Crippen LogP contribution in [0.3, 0.4) is 0 Å². The van der Waals surface area contributed by atoms with Gasteiger partial charge in [0.25, 0.3) is 0 Å². The minimum absolute atomic E-state index is 0.0868. The fraction of sp³-hybridized carbons (Fsp3) is 1.00. The highest BCUT2D eigenvalue weighted by molar-refractivity contribution is 7.55. The van der Waals surface area contributed by atoms with Gasteiger partial charge in [-0.2, -0.15) is 0 Å². The maximum absolute atomic E-state index is 10.0. The molecule has 2 nitrogen and oxygen atoms in total. The van der Waals surface area contributed by atoms with Crippen molar-refractivity contribution in [3.63, 3.8) is 0 Å². The lowest BCUT2D eigenvalue weighted by atomic mass is 9.95. The van der Waals surface area contributed by atoms with Crippen molar-refractivity contribution in [1.82, 2.24) is 0 Å². The Morgan fingerprint density at radius 1 is 1.08 bits per heavy atom. The number of aliphatic hydroxyl groups is 1. The maximum atomic E-state index is 10.0. The van der Waals surface area contributed by atoms with E-state index in [2.05, 4.69) is 0 Å². The molecule has 1 saturated heterocycles. The second kappa shape index (κ2) is 2.94. The highest BCUT2D eigenvalue weighted by Crippen LogP contribution is 2.62. The third-order valence-corrected chi connectivity index (χ3v) is 5.28. The first kappa shape index (κ1) is 10.4. The second-order valence-corrected chi connectivity index (χ2v) is 8.04. The van der Waals surface area contributed by atoms with Gasteiger partial charge in [-0.3, -0.25) is 0 Å². The Morgan fingerprint density at radius 3 is 1.75 bits per heavy atom. The molecule has 0 atom stereocenters. The van der Waals surface area contributed by atoms with Crippen molar-refractivity contribution < 1.29 is 10.00 Å². The van der Waals surface area contributed by atoms with Gasteiger partial charge >= 0.3 is 0 Å². The summed E-state index contributed by atoms with van der Waals surface area (Å²) in [5.41, 5.74) is 0. The zero-order valence-electron chi connectivity index (χ0n) is 8.33. The molecule has 2 N–H and O–H groups in total. The minimum atomic E-state index is -0.965. The predicted molar refractivity (Wildman–Crippen MR) is 52.5 cm³/mol. The quantitative estimate of drug-likeness (QED) is 0.574. The molecule has 1 fully saturated rings. The summed E-state index contributed by atoms with van der Waals surface area (Å²) in [6, 6.07) is 0. The van der Waals surface area contributed by atoms with Crippen LogP contribution in [-0.2, 0) is 0 Å². The van der Waals surface area contributed by atoms with Crippen LogP contribution in [0.2, 0.25) is 0 Å². The topological polar surface area (TPSA) is 40.5 Å². The van der Waals surface area contributed by atoms with E-state index in [0.717, 1.165) is 12.8 Å². The van der Waals surface area contributed by atoms with Crippen molar-refractivity contribution in [3.05, 3.63) is 0 Å². The van der Waals surface area contributed by atoms with E-state index in [9.17, 15) is 10.00 Å². The molecule has 1 heterocycles. The van der Waals surface area contributed by atoms with Gasteiger partial charge in [0.1, 0.15) is 0 Å². The molecule has 0 bridgehead atoms. The largest absolute Gasteiger partial charge is 0.393 e. The van der Waals surface area contributed by atoms with E-state index in [-0.39, 0.29) is 16.4 Å². The van der Waals surface area contributed by atoms with E-state index in [1.165, 1.54) is 0 Å². The normalized spacial score (nSPS) is 39.5. The van der Waals surface area contributed by atoms with Crippen LogP contribution >= 0.6 is 8.15 Å². The molecule has 0 unspecified atom stereocenters. The van der Waals surface area contributed by atoms with Crippen LogP contribution in [0.1, 0.15) is 40.5 Å². The third-order valence-electron chi connectivity index (χ3n) is 2.62. The molecule has 1 rings (SSSR count). The van der Waals surface area contributed by atoms with Gasteiger partial charge in [0.15, 0.2) is 0 Å². The molecule has 0 saturated carbocycles. The number of hydrogen-bond donors (Lipinski definition) is 2. The highest BCUT2D eigenvalue weighted by Gasteiger charge is 2.46. The molecular weight excluding hydrogens is 171 g/mol. The van der Waals surface area contributed by atoms with Gasteiger partial charge in [0.05, 0.1) is 6.10 Å². The Kier molecular flexibility index (Phi) is 2.55. The van der Waals surface area contributed by atoms with Crippen molar-refractivity contribution >= 4 is 8.15 Å². The van der Waals surface area contributed by atoms with Gasteiger partial charge in [-0.25, -0.2) is 0 Å². The van der Waals surface area contributed by atoms with Gasteiger partial charge in [-0.05, 0) is 12.8 Å². The molecular formula is C9H19O2P. The molecule has 0 aliphatic carbocycles. The van der Waals surface area contributed by atoms with Crippen LogP contribution in [0, 0.1) is 0 Å². The average molecular weight is 190 g/mol. The first-order valence-corrected chi connectivity index (χ1v) is 5.72. The summed E-state index contributed by atoms with van der Waals surface area (Å²) >= 11 is 0. The van der Waals surface area contributed by atoms with Crippen molar-refractivity contribution in [2.45, 2.75) is 57.0 Å². The van der Waals surface area contributed by atoms with Gasteiger partial charge in [0.2, 0.25) is 0 Å². The zero-order chi connectivity index (χ0) is 9.57. The fourth-order valence-corrected chi connectivity index (χ4v) is 4.62. The average Bonchev–Trinajstić information content (AvgIpc) is 1.80. The first-order chi connectivity index (χ1) is 5.26. The van der Waals surface area contributed by atoms with Gasteiger partial charge in [-0.15, -0.1) is 0 Å². The van der Waals surface area contributed by atoms with E-state index in [1.54, 1.807) is 0 Å². The molecule has 0 aromatic rings. The summed E-state index contributed by atoms with van der Waals surface area (Å²) in [4.78, 5) is 10.0. The van der Waals surface area contributed by atoms with Crippen molar-refractivity contribution in [2.24, 2.45) is 0 Å². The number of rotatable bonds is 0. The predicted octanol–water partition coefficient (Wildman–Crippen LogP) is 2.09. The highest BCUT2D eigenvalue weighted by atomic mass is 31.1. The Balaban J connectivity index is 2.84. The standard InChI is InChI=1S/C9H19O2P/c1-8(2)5-7(10)6-9(3,4)12(8)11/h7,10-11H,5-6H2,1-4H3.